The van der Waals surface area contributed by atoms with Crippen molar-refractivity contribution in [3.8, 4) is 0 Å². The van der Waals surface area contributed by atoms with Gasteiger partial charge in [0, 0.05) is 29.6 Å². The maximum Gasteiger partial charge on any atom is 0.216 e. The van der Waals surface area contributed by atoms with Crippen LogP contribution in [0.25, 0.3) is 0 Å². The number of rotatable bonds is 1. The Morgan fingerprint density at radius 1 is 1.86 bits per heavy atom. The van der Waals surface area contributed by atoms with Gasteiger partial charge in [-0.05, 0) is 19.1 Å². The van der Waals surface area contributed by atoms with Gasteiger partial charge in [-0.25, -0.2) is 0 Å². The molecular formula is C3H6NaOS2. The molecular weight excluding hydrogens is 139 g/mol. The Morgan fingerprint density at radius 3 is 2.29 bits per heavy atom. The first-order valence-corrected chi connectivity index (χ1v) is 2.48. The molecule has 0 fully saturated rings. The second-order valence-electron chi connectivity index (χ2n) is 0.699. The fourth-order valence-corrected chi connectivity index (χ4v) is 0.370. The first-order valence-electron chi connectivity index (χ1n) is 1.63. The van der Waals surface area contributed by atoms with Crippen molar-refractivity contribution < 1.29 is 4.74 Å². The molecule has 1 nitrogen and oxygen atoms in total. The average molecular weight is 145 g/mol. The molecule has 1 radical (unpaired) electrons. The van der Waals surface area contributed by atoms with Crippen molar-refractivity contribution in [2.24, 2.45) is 0 Å². The van der Waals surface area contributed by atoms with Gasteiger partial charge in [0.1, 0.15) is 0 Å². The van der Waals surface area contributed by atoms with Crippen LogP contribution in [-0.2, 0) is 4.74 Å². The summed E-state index contributed by atoms with van der Waals surface area (Å²) >= 11 is 8.12. The van der Waals surface area contributed by atoms with Crippen molar-refractivity contribution in [2.75, 3.05) is 6.61 Å². The summed E-state index contributed by atoms with van der Waals surface area (Å²) in [6, 6.07) is 0. The molecule has 0 saturated heterocycles. The molecule has 0 atom stereocenters. The van der Waals surface area contributed by atoms with Gasteiger partial charge in [0.2, 0.25) is 4.38 Å². The quantitative estimate of drug-likeness (QED) is 0.333. The first-order chi connectivity index (χ1) is 2.77. The molecule has 0 aromatic carbocycles. The molecule has 0 aliphatic carbocycles. The molecule has 0 bridgehead atoms. The number of ether oxygens (including phenoxy) is 1. The van der Waals surface area contributed by atoms with Crippen LogP contribution in [-0.4, -0.2) is 40.5 Å². The molecule has 0 amide bonds. The van der Waals surface area contributed by atoms with E-state index in [0.717, 1.165) is 0 Å². The van der Waals surface area contributed by atoms with E-state index in [1.165, 1.54) is 0 Å². The monoisotopic (exact) mass is 145 g/mol. The van der Waals surface area contributed by atoms with Crippen LogP contribution in [0.4, 0.5) is 0 Å². The van der Waals surface area contributed by atoms with Gasteiger partial charge in [-0.2, -0.15) is 0 Å². The van der Waals surface area contributed by atoms with Gasteiger partial charge in [-0.15, -0.1) is 0 Å². The Labute approximate surface area is 76.5 Å². The maximum absolute atomic E-state index is 4.64. The van der Waals surface area contributed by atoms with Crippen LogP contribution < -0.4 is 0 Å². The van der Waals surface area contributed by atoms with E-state index in [0.29, 0.717) is 11.0 Å². The largest absolute Gasteiger partial charge is 0.479 e. The molecule has 0 saturated carbocycles. The van der Waals surface area contributed by atoms with E-state index in [4.69, 9.17) is 0 Å². The zero-order valence-electron chi connectivity index (χ0n) is 4.47. The van der Waals surface area contributed by atoms with Gasteiger partial charge in [0.25, 0.3) is 0 Å². The second kappa shape index (κ2) is 7.24. The normalized spacial score (nSPS) is 6.57. The smallest absolute Gasteiger partial charge is 0.216 e. The topological polar surface area (TPSA) is 9.23 Å². The zero-order valence-corrected chi connectivity index (χ0v) is 8.18. The van der Waals surface area contributed by atoms with Crippen molar-refractivity contribution in [1.29, 1.82) is 0 Å². The molecule has 4 heteroatoms. The summed E-state index contributed by atoms with van der Waals surface area (Å²) in [6.07, 6.45) is 0. The summed E-state index contributed by atoms with van der Waals surface area (Å²) in [4.78, 5) is 0. The van der Waals surface area contributed by atoms with Gasteiger partial charge in [-0.3, -0.25) is 0 Å². The zero-order chi connectivity index (χ0) is 4.99. The maximum atomic E-state index is 4.64. The molecule has 0 aliphatic heterocycles. The summed E-state index contributed by atoms with van der Waals surface area (Å²) < 4.78 is 4.95. The van der Waals surface area contributed by atoms with Gasteiger partial charge in [0.15, 0.2) is 0 Å². The molecule has 0 aliphatic rings. The molecule has 0 N–H and O–H groups in total. The molecule has 7 heavy (non-hydrogen) atoms. The minimum atomic E-state index is 0. The number of hydrogen-bond donors (Lipinski definition) is 1. The summed E-state index contributed by atoms with van der Waals surface area (Å²) in [7, 11) is 0. The van der Waals surface area contributed by atoms with Crippen molar-refractivity contribution in [3.63, 3.8) is 0 Å². The van der Waals surface area contributed by atoms with E-state index in [1.54, 1.807) is 0 Å². The van der Waals surface area contributed by atoms with Crippen LogP contribution in [0.15, 0.2) is 0 Å². The molecule has 0 rings (SSSR count). The standard InChI is InChI=1S/C3H6OS2.Na/c1-2-4-3(5)6;/h2H2,1H3,(H,5,6);. The minimum Gasteiger partial charge on any atom is -0.479 e. The fourth-order valence-electron chi connectivity index (χ4n) is 0.123. The molecule has 0 spiro atoms. The Hall–Kier alpha value is 1.24. The third-order valence-corrected chi connectivity index (χ3v) is 0.515. The van der Waals surface area contributed by atoms with Crippen LogP contribution >= 0.6 is 24.8 Å². The Bertz CT molecular complexity index is 56.9. The van der Waals surface area contributed by atoms with Gasteiger partial charge in [0.05, 0.1) is 6.61 Å². The molecule has 0 aromatic rings. The summed E-state index contributed by atoms with van der Waals surface area (Å²) in [5.41, 5.74) is 0. The van der Waals surface area contributed by atoms with E-state index in [2.05, 4.69) is 29.6 Å². The molecule has 0 heterocycles. The van der Waals surface area contributed by atoms with Gasteiger partial charge >= 0.3 is 0 Å². The second-order valence-corrected chi connectivity index (χ2v) is 1.78. The number of thiocarbonyl (C=S) groups is 1. The number of hydrogen-bond acceptors (Lipinski definition) is 2. The van der Waals surface area contributed by atoms with Crippen LogP contribution in [0, 0.1) is 0 Å². The van der Waals surface area contributed by atoms with E-state index in [9.17, 15) is 0 Å². The predicted molar refractivity (Wildman–Crippen MR) is 39.0 cm³/mol. The van der Waals surface area contributed by atoms with Crippen molar-refractivity contribution in [3.05, 3.63) is 0 Å². The Balaban J connectivity index is 0. The van der Waals surface area contributed by atoms with E-state index >= 15 is 0 Å². The van der Waals surface area contributed by atoms with Crippen LogP contribution in [0.3, 0.4) is 0 Å². The average Bonchev–Trinajstić information content (AvgIpc) is 1.35. The van der Waals surface area contributed by atoms with Crippen LogP contribution in [0.2, 0.25) is 0 Å². The van der Waals surface area contributed by atoms with Crippen LogP contribution in [0.1, 0.15) is 6.92 Å². The molecule has 0 unspecified atom stereocenters. The third-order valence-electron chi connectivity index (χ3n) is 0.268. The van der Waals surface area contributed by atoms with E-state index in [-0.39, 0.29) is 29.6 Å². The van der Waals surface area contributed by atoms with E-state index in [1.807, 2.05) is 6.92 Å². The summed E-state index contributed by atoms with van der Waals surface area (Å²) in [6.45, 7) is 2.48. The van der Waals surface area contributed by atoms with Gasteiger partial charge in [-0.1, -0.05) is 12.6 Å². The minimum absolute atomic E-state index is 0. The number of thiol groups is 1. The van der Waals surface area contributed by atoms with E-state index < -0.39 is 0 Å². The van der Waals surface area contributed by atoms with Crippen molar-refractivity contribution >= 4 is 58.8 Å². The molecule has 0 aromatic heterocycles. The molecule has 37 valence electrons. The summed E-state index contributed by atoms with van der Waals surface area (Å²) in [5.74, 6) is 0. The van der Waals surface area contributed by atoms with Gasteiger partial charge < -0.3 is 4.74 Å². The van der Waals surface area contributed by atoms with Crippen molar-refractivity contribution in [2.45, 2.75) is 6.92 Å². The Kier molecular flexibility index (Phi) is 11.5. The third kappa shape index (κ3) is 11.1. The summed E-state index contributed by atoms with van der Waals surface area (Å²) in [5, 5.41) is 0. The first kappa shape index (κ1) is 11.1. The van der Waals surface area contributed by atoms with Crippen molar-refractivity contribution in [1.82, 2.24) is 0 Å². The fraction of sp³-hybridized carbons (Fsp3) is 0.667. The SMILES string of the molecule is CCOC(=S)S.[Na]. The van der Waals surface area contributed by atoms with Crippen LogP contribution in [0.5, 0.6) is 0 Å². The Morgan fingerprint density at radius 2 is 2.29 bits per heavy atom. The predicted octanol–water partition coefficient (Wildman–Crippen LogP) is 0.857.